The lowest BCUT2D eigenvalue weighted by Crippen LogP contribution is -2.50. The van der Waals surface area contributed by atoms with Gasteiger partial charge in [-0.1, -0.05) is 68.8 Å². The summed E-state index contributed by atoms with van der Waals surface area (Å²) in [4.78, 5) is 30.3. The number of hydrogen-bond donors (Lipinski definition) is 3. The zero-order chi connectivity index (χ0) is 29.1. The molecule has 0 bridgehead atoms. The third-order valence-electron chi connectivity index (χ3n) is 8.17. The number of benzene rings is 1. The highest BCUT2D eigenvalue weighted by Crippen LogP contribution is 2.55. The molecule has 3 aliphatic heterocycles. The Morgan fingerprint density at radius 3 is 2.70 bits per heavy atom. The van der Waals surface area contributed by atoms with Gasteiger partial charge in [-0.2, -0.15) is 0 Å². The topological polar surface area (TPSA) is 73.5 Å². The maximum absolute atomic E-state index is 14.1. The van der Waals surface area contributed by atoms with Crippen molar-refractivity contribution in [2.45, 2.75) is 64.0 Å². The number of rotatable bonds is 10. The molecule has 1 aromatic rings. The Bertz CT molecular complexity index is 1190. The number of carbonyl (C=O) groups is 2. The maximum Gasteiger partial charge on any atom is 0.237 e. The molecule has 6 nitrogen and oxygen atoms in total. The van der Waals surface area contributed by atoms with Crippen LogP contribution in [0, 0.1) is 11.3 Å². The summed E-state index contributed by atoms with van der Waals surface area (Å²) >= 11 is 12.2. The monoisotopic (exact) mass is 590 g/mol. The highest BCUT2D eigenvalue weighted by Gasteiger charge is 2.65. The summed E-state index contributed by atoms with van der Waals surface area (Å²) in [6.07, 6.45) is 8.76. The fraction of sp³-hybridized carbons (Fsp3) is 0.548. The Morgan fingerprint density at radius 1 is 1.30 bits per heavy atom. The fourth-order valence-electron chi connectivity index (χ4n) is 6.53. The molecule has 40 heavy (non-hydrogen) atoms. The number of halogens is 3. The van der Waals surface area contributed by atoms with E-state index in [-0.39, 0.29) is 28.3 Å². The highest BCUT2D eigenvalue weighted by molar-refractivity contribution is 6.31. The highest BCUT2D eigenvalue weighted by atomic mass is 35.5. The van der Waals surface area contributed by atoms with Crippen LogP contribution in [0.25, 0.3) is 0 Å². The zero-order valence-electron chi connectivity index (χ0n) is 23.7. The summed E-state index contributed by atoms with van der Waals surface area (Å²) in [5.74, 6) is -0.952. The third-order valence-corrected chi connectivity index (χ3v) is 8.63. The van der Waals surface area contributed by atoms with Crippen molar-refractivity contribution in [1.29, 1.82) is 0 Å². The first-order valence-corrected chi connectivity index (χ1v) is 14.9. The second-order valence-electron chi connectivity index (χ2n) is 12.3. The van der Waals surface area contributed by atoms with E-state index in [1.807, 2.05) is 6.07 Å². The zero-order valence-corrected chi connectivity index (χ0v) is 25.2. The van der Waals surface area contributed by atoms with Gasteiger partial charge in [0.05, 0.1) is 6.04 Å². The van der Waals surface area contributed by atoms with E-state index in [4.69, 9.17) is 23.2 Å². The van der Waals surface area contributed by atoms with Crippen molar-refractivity contribution in [3.63, 3.8) is 0 Å². The van der Waals surface area contributed by atoms with Crippen LogP contribution in [0.5, 0.6) is 0 Å². The predicted molar refractivity (Wildman–Crippen MR) is 162 cm³/mol. The Kier molecular flexibility index (Phi) is 9.82. The lowest BCUT2D eigenvalue weighted by atomic mass is 9.62. The molecule has 218 valence electrons. The van der Waals surface area contributed by atoms with Crippen LogP contribution in [0.1, 0.15) is 52.0 Å². The van der Waals surface area contributed by atoms with Crippen LogP contribution >= 0.6 is 23.2 Å². The minimum absolute atomic E-state index is 0.0554. The number of amides is 2. The molecule has 4 atom stereocenters. The van der Waals surface area contributed by atoms with E-state index in [0.717, 1.165) is 31.6 Å². The molecule has 4 rings (SSSR count). The first-order chi connectivity index (χ1) is 19.0. The molecule has 0 aliphatic carbocycles. The van der Waals surface area contributed by atoms with Crippen LogP contribution in [-0.2, 0) is 15.0 Å². The molecule has 9 heteroatoms. The number of anilines is 1. The summed E-state index contributed by atoms with van der Waals surface area (Å²) < 4.78 is 12.9. The van der Waals surface area contributed by atoms with Gasteiger partial charge in [-0.25, -0.2) is 4.39 Å². The van der Waals surface area contributed by atoms with E-state index in [0.29, 0.717) is 29.2 Å². The smallest absolute Gasteiger partial charge is 0.237 e. The molecule has 0 saturated carbocycles. The summed E-state index contributed by atoms with van der Waals surface area (Å²) in [6, 6.07) is 4.36. The van der Waals surface area contributed by atoms with Crippen molar-refractivity contribution in [1.82, 2.24) is 15.5 Å². The number of nitrogens with one attached hydrogen (secondary N) is 3. The molecule has 0 radical (unpaired) electrons. The summed E-state index contributed by atoms with van der Waals surface area (Å²) in [7, 11) is 0. The minimum Gasteiger partial charge on any atom is -0.355 e. The number of allylic oxidation sites excluding steroid dienone is 4. The first-order valence-electron chi connectivity index (χ1n) is 14.1. The van der Waals surface area contributed by atoms with Gasteiger partial charge in [0.1, 0.15) is 12.1 Å². The van der Waals surface area contributed by atoms with Crippen LogP contribution in [0.2, 0.25) is 5.02 Å². The maximum atomic E-state index is 14.1. The van der Waals surface area contributed by atoms with Crippen molar-refractivity contribution in [3.8, 4) is 0 Å². The molecule has 1 spiro atoms. The van der Waals surface area contributed by atoms with Crippen LogP contribution < -0.4 is 16.0 Å². The molecular weight excluding hydrogens is 550 g/mol. The molecule has 0 aromatic heterocycles. The average molecular weight is 592 g/mol. The van der Waals surface area contributed by atoms with Crippen molar-refractivity contribution in [2.75, 3.05) is 38.2 Å². The molecule has 3 aliphatic rings. The predicted octanol–water partition coefficient (Wildman–Crippen LogP) is 5.73. The number of hydrogen-bond acceptors (Lipinski definition) is 4. The molecule has 3 heterocycles. The van der Waals surface area contributed by atoms with Crippen LogP contribution in [0.15, 0.2) is 53.6 Å². The normalized spacial score (nSPS) is 27.0. The Morgan fingerprint density at radius 2 is 2.02 bits per heavy atom. The number of nitrogens with zero attached hydrogens (tertiary/aromatic N) is 1. The van der Waals surface area contributed by atoms with Gasteiger partial charge in [0, 0.05) is 34.2 Å². The van der Waals surface area contributed by atoms with E-state index in [1.54, 1.807) is 24.3 Å². The number of likely N-dealkylation sites (tertiary alicyclic amines) is 1. The minimum atomic E-state index is -1.10. The van der Waals surface area contributed by atoms with Crippen molar-refractivity contribution in [3.05, 3.63) is 64.2 Å². The van der Waals surface area contributed by atoms with Gasteiger partial charge in [-0.3, -0.25) is 9.59 Å². The van der Waals surface area contributed by atoms with Crippen LogP contribution in [0.4, 0.5) is 10.1 Å². The first kappa shape index (κ1) is 30.8. The molecule has 2 fully saturated rings. The van der Waals surface area contributed by atoms with Gasteiger partial charge in [0.15, 0.2) is 0 Å². The standard InChI is InChI=1S/C31H41Cl2FN4O2/c1-20(9-7-10-22(33)19-34)26-27(28(39)35-13-8-16-38-14-5-6-15-38)37-25(18-30(2,3)4)31(26)23-12-11-21(32)17-24(23)36-29(31)40/h7,9-12,17,25-27,37H,1,5-6,8,13-16,18-19H2,2-4H3,(H,35,39)(H,36,40)/b9-7-,22-10+/t25-,26+,27-,31+/m1/s1. The van der Waals surface area contributed by atoms with Crippen LogP contribution in [0.3, 0.4) is 0 Å². The van der Waals surface area contributed by atoms with Crippen molar-refractivity contribution < 1.29 is 14.0 Å². The van der Waals surface area contributed by atoms with E-state index in [1.165, 1.54) is 18.9 Å². The van der Waals surface area contributed by atoms with Gasteiger partial charge < -0.3 is 20.9 Å². The van der Waals surface area contributed by atoms with Gasteiger partial charge in [0.25, 0.3) is 0 Å². The van der Waals surface area contributed by atoms with E-state index >= 15 is 0 Å². The summed E-state index contributed by atoms with van der Waals surface area (Å²) in [5.41, 5.74) is 0.788. The molecule has 1 aromatic carbocycles. The number of carbonyl (C=O) groups excluding carboxylic acids is 2. The van der Waals surface area contributed by atoms with Gasteiger partial charge >= 0.3 is 0 Å². The second kappa shape index (κ2) is 12.8. The Balaban J connectivity index is 1.71. The molecule has 3 N–H and O–H groups in total. The van der Waals surface area contributed by atoms with E-state index in [9.17, 15) is 14.0 Å². The quantitative estimate of drug-likeness (QED) is 0.240. The van der Waals surface area contributed by atoms with E-state index in [2.05, 4.69) is 48.2 Å². The Labute approximate surface area is 247 Å². The lowest BCUT2D eigenvalue weighted by Gasteiger charge is -2.37. The molecule has 2 amide bonds. The largest absolute Gasteiger partial charge is 0.355 e. The van der Waals surface area contributed by atoms with Gasteiger partial charge in [-0.15, -0.1) is 0 Å². The second-order valence-corrected chi connectivity index (χ2v) is 13.2. The van der Waals surface area contributed by atoms with Crippen molar-refractivity contribution in [2.24, 2.45) is 11.3 Å². The number of fused-ring (bicyclic) bond motifs is 2. The Hall–Kier alpha value is -2.19. The number of alkyl halides is 1. The molecule has 0 unspecified atom stereocenters. The SMILES string of the molecule is C=C(/C=C\C=C(\Cl)CF)[C@H]1[C@H](C(=O)NCCCN2CCCC2)N[C@H](CC(C)(C)C)[C@]12C(=O)Nc1cc(Cl)ccc12. The summed E-state index contributed by atoms with van der Waals surface area (Å²) in [6.45, 7) is 13.6. The average Bonchev–Trinajstić information content (AvgIpc) is 3.58. The van der Waals surface area contributed by atoms with Gasteiger partial charge in [-0.05, 0) is 80.1 Å². The summed E-state index contributed by atoms with van der Waals surface area (Å²) in [5, 5.41) is 10.3. The third kappa shape index (κ3) is 6.48. The van der Waals surface area contributed by atoms with Gasteiger partial charge in [0.2, 0.25) is 11.8 Å². The van der Waals surface area contributed by atoms with Crippen LogP contribution in [-0.4, -0.2) is 61.7 Å². The molecule has 2 saturated heterocycles. The van der Waals surface area contributed by atoms with E-state index < -0.39 is 24.0 Å². The lowest BCUT2D eigenvalue weighted by molar-refractivity contribution is -0.124. The molecular formula is C31H41Cl2FN4O2. The van der Waals surface area contributed by atoms with Crippen molar-refractivity contribution >= 4 is 40.7 Å². The fourth-order valence-corrected chi connectivity index (χ4v) is 6.77.